The fourth-order valence-electron chi connectivity index (χ4n) is 3.08. The summed E-state index contributed by atoms with van der Waals surface area (Å²) in [5.41, 5.74) is 4.80. The fraction of sp³-hybridized carbons (Fsp3) is 0.318. The molecule has 0 radical (unpaired) electrons. The second-order valence-corrected chi connectivity index (χ2v) is 7.66. The molecule has 0 fully saturated rings. The number of ether oxygens (including phenoxy) is 1. The van der Waals surface area contributed by atoms with Crippen molar-refractivity contribution in [3.05, 3.63) is 53.6 Å². The predicted octanol–water partition coefficient (Wildman–Crippen LogP) is 5.62. The molecule has 0 N–H and O–H groups in total. The number of aryl methyl sites for hydroxylation is 2. The molecule has 0 aliphatic rings. The number of benzene rings is 2. The minimum Gasteiger partial charge on any atom is -0.497 e. The summed E-state index contributed by atoms with van der Waals surface area (Å²) in [5, 5.41) is 1.01. The van der Waals surface area contributed by atoms with Gasteiger partial charge in [-0.3, -0.25) is 9.36 Å². The maximum Gasteiger partial charge on any atom is 0.236 e. The van der Waals surface area contributed by atoms with E-state index < -0.39 is 5.41 Å². The first kappa shape index (κ1) is 17.3. The molecule has 0 amide bonds. The van der Waals surface area contributed by atoms with Gasteiger partial charge in [-0.1, -0.05) is 38.5 Å². The Hall–Kier alpha value is -2.55. The first-order valence-electron chi connectivity index (χ1n) is 8.54. The largest absolute Gasteiger partial charge is 0.497 e. The average Bonchev–Trinajstić information content (AvgIpc) is 2.93. The maximum absolute atomic E-state index is 13.2. The highest BCUT2D eigenvalue weighted by atomic mass is 16.5. The molecule has 0 bridgehead atoms. The van der Waals surface area contributed by atoms with E-state index in [1.54, 1.807) is 7.11 Å². The van der Waals surface area contributed by atoms with Crippen LogP contribution in [0.4, 0.5) is 0 Å². The van der Waals surface area contributed by atoms with Crippen LogP contribution in [0.3, 0.4) is 0 Å². The van der Waals surface area contributed by atoms with Gasteiger partial charge in [0, 0.05) is 16.4 Å². The number of carbonyl (C=O) groups excluding carboxylic acids is 1. The molecular weight excluding hydrogens is 310 g/mol. The molecule has 1 aromatic heterocycles. The summed E-state index contributed by atoms with van der Waals surface area (Å²) in [6.07, 6.45) is 0. The summed E-state index contributed by atoms with van der Waals surface area (Å²) >= 11 is 0. The van der Waals surface area contributed by atoms with Crippen LogP contribution in [-0.4, -0.2) is 17.6 Å². The highest BCUT2D eigenvalue weighted by Crippen LogP contribution is 2.35. The number of hydrogen-bond donors (Lipinski definition) is 0. The van der Waals surface area contributed by atoms with Crippen LogP contribution in [0.15, 0.2) is 42.5 Å². The first-order valence-corrected chi connectivity index (χ1v) is 8.54. The second-order valence-electron chi connectivity index (χ2n) is 7.66. The van der Waals surface area contributed by atoms with Gasteiger partial charge in [0.05, 0.1) is 18.3 Å². The summed E-state index contributed by atoms with van der Waals surface area (Å²) in [6.45, 7) is 10.0. The van der Waals surface area contributed by atoms with Gasteiger partial charge >= 0.3 is 0 Å². The molecule has 3 nitrogen and oxygen atoms in total. The lowest BCUT2D eigenvalue weighted by atomic mass is 9.94. The molecule has 0 aliphatic heterocycles. The van der Waals surface area contributed by atoms with E-state index >= 15 is 0 Å². The van der Waals surface area contributed by atoms with Crippen molar-refractivity contribution in [2.45, 2.75) is 34.6 Å². The van der Waals surface area contributed by atoms with Crippen LogP contribution in [0.2, 0.25) is 0 Å². The van der Waals surface area contributed by atoms with Crippen molar-refractivity contribution < 1.29 is 9.53 Å². The lowest BCUT2D eigenvalue weighted by Gasteiger charge is -2.21. The Morgan fingerprint density at radius 2 is 1.72 bits per heavy atom. The molecule has 0 atom stereocenters. The molecule has 25 heavy (non-hydrogen) atoms. The Balaban J connectivity index is 2.37. The van der Waals surface area contributed by atoms with E-state index in [9.17, 15) is 4.79 Å². The van der Waals surface area contributed by atoms with Crippen LogP contribution in [0.1, 0.15) is 36.7 Å². The van der Waals surface area contributed by atoms with Gasteiger partial charge in [0.1, 0.15) is 5.75 Å². The smallest absolute Gasteiger partial charge is 0.236 e. The van der Waals surface area contributed by atoms with E-state index in [2.05, 4.69) is 38.1 Å². The molecule has 3 rings (SSSR count). The van der Waals surface area contributed by atoms with Gasteiger partial charge in [0.2, 0.25) is 5.91 Å². The minimum atomic E-state index is -0.474. The SMILES string of the molecule is COc1ccc2c(c1)cc(-c1cc(C)ccc1C)n2C(=O)C(C)(C)C. The monoisotopic (exact) mass is 335 g/mol. The highest BCUT2D eigenvalue weighted by molar-refractivity contribution is 6.01. The van der Waals surface area contributed by atoms with E-state index in [1.807, 2.05) is 43.5 Å². The zero-order chi connectivity index (χ0) is 18.4. The number of hydrogen-bond acceptors (Lipinski definition) is 2. The summed E-state index contributed by atoms with van der Waals surface area (Å²) in [4.78, 5) is 13.2. The molecule has 3 aromatic rings. The number of rotatable bonds is 2. The van der Waals surface area contributed by atoms with Crippen LogP contribution < -0.4 is 4.74 Å². The molecule has 0 spiro atoms. The van der Waals surface area contributed by atoms with Gasteiger partial charge in [-0.15, -0.1) is 0 Å². The van der Waals surface area contributed by atoms with Gasteiger partial charge in [0.25, 0.3) is 0 Å². The normalized spacial score (nSPS) is 11.8. The standard InChI is InChI=1S/C22H25NO2/c1-14-7-8-15(2)18(11-14)20-13-16-12-17(25-6)9-10-19(16)23(20)21(24)22(3,4)5/h7-13H,1-6H3. The third-order valence-corrected chi connectivity index (χ3v) is 4.52. The Labute approximate surface area is 149 Å². The summed E-state index contributed by atoms with van der Waals surface area (Å²) in [5.74, 6) is 0.879. The quantitative estimate of drug-likeness (QED) is 0.608. The van der Waals surface area contributed by atoms with Crippen molar-refractivity contribution in [1.82, 2.24) is 4.57 Å². The molecule has 3 heteroatoms. The molecular formula is C22H25NO2. The van der Waals surface area contributed by atoms with Crippen molar-refractivity contribution in [2.75, 3.05) is 7.11 Å². The van der Waals surface area contributed by atoms with E-state index in [0.29, 0.717) is 0 Å². The Morgan fingerprint density at radius 3 is 2.36 bits per heavy atom. The Bertz CT molecular complexity index is 958. The zero-order valence-electron chi connectivity index (χ0n) is 15.8. The number of aromatic nitrogens is 1. The number of nitrogens with zero attached hydrogens (tertiary/aromatic N) is 1. The fourth-order valence-corrected chi connectivity index (χ4v) is 3.08. The highest BCUT2D eigenvalue weighted by Gasteiger charge is 2.27. The van der Waals surface area contributed by atoms with E-state index in [4.69, 9.17) is 4.74 Å². The van der Waals surface area contributed by atoms with Crippen LogP contribution in [-0.2, 0) is 0 Å². The maximum atomic E-state index is 13.2. The van der Waals surface area contributed by atoms with Crippen molar-refractivity contribution >= 4 is 16.8 Å². The minimum absolute atomic E-state index is 0.0866. The first-order chi connectivity index (χ1) is 11.7. The summed E-state index contributed by atoms with van der Waals surface area (Å²) < 4.78 is 7.21. The molecule has 0 saturated carbocycles. The second kappa shape index (κ2) is 6.07. The number of methoxy groups -OCH3 is 1. The topological polar surface area (TPSA) is 31.2 Å². The predicted molar refractivity (Wildman–Crippen MR) is 103 cm³/mol. The third-order valence-electron chi connectivity index (χ3n) is 4.52. The Morgan fingerprint density at radius 1 is 1.00 bits per heavy atom. The van der Waals surface area contributed by atoms with E-state index in [1.165, 1.54) is 5.56 Å². The molecule has 2 aromatic carbocycles. The van der Waals surface area contributed by atoms with Crippen molar-refractivity contribution in [3.8, 4) is 17.0 Å². The van der Waals surface area contributed by atoms with Crippen LogP contribution in [0, 0.1) is 19.3 Å². The van der Waals surface area contributed by atoms with Crippen molar-refractivity contribution in [2.24, 2.45) is 5.41 Å². The van der Waals surface area contributed by atoms with Gasteiger partial charge < -0.3 is 4.74 Å². The van der Waals surface area contributed by atoms with Gasteiger partial charge in [-0.2, -0.15) is 0 Å². The van der Waals surface area contributed by atoms with Crippen LogP contribution in [0.25, 0.3) is 22.2 Å². The molecule has 0 saturated heterocycles. The molecule has 130 valence electrons. The van der Waals surface area contributed by atoms with Gasteiger partial charge in [-0.25, -0.2) is 0 Å². The third kappa shape index (κ3) is 3.07. The Kier molecular flexibility index (Phi) is 4.19. The molecule has 0 aliphatic carbocycles. The number of fused-ring (bicyclic) bond motifs is 1. The van der Waals surface area contributed by atoms with Gasteiger partial charge in [-0.05, 0) is 49.7 Å². The van der Waals surface area contributed by atoms with Crippen molar-refractivity contribution in [1.29, 1.82) is 0 Å². The van der Waals surface area contributed by atoms with Gasteiger partial charge in [0.15, 0.2) is 0 Å². The lowest BCUT2D eigenvalue weighted by molar-refractivity contribution is 0.0775. The number of carbonyl (C=O) groups is 1. The van der Waals surface area contributed by atoms with E-state index in [-0.39, 0.29) is 5.91 Å². The summed E-state index contributed by atoms with van der Waals surface area (Å²) in [7, 11) is 1.66. The van der Waals surface area contributed by atoms with Crippen LogP contribution >= 0.6 is 0 Å². The van der Waals surface area contributed by atoms with Crippen LogP contribution in [0.5, 0.6) is 5.75 Å². The molecule has 1 heterocycles. The molecule has 0 unspecified atom stereocenters. The van der Waals surface area contributed by atoms with E-state index in [0.717, 1.165) is 33.5 Å². The van der Waals surface area contributed by atoms with Crippen molar-refractivity contribution in [3.63, 3.8) is 0 Å². The lowest BCUT2D eigenvalue weighted by Crippen LogP contribution is -2.27. The average molecular weight is 335 g/mol. The zero-order valence-corrected chi connectivity index (χ0v) is 15.8. The summed E-state index contributed by atoms with van der Waals surface area (Å²) in [6, 6.07) is 14.3.